The van der Waals surface area contributed by atoms with E-state index in [0.29, 0.717) is 0 Å². The van der Waals surface area contributed by atoms with Crippen molar-refractivity contribution in [3.05, 3.63) is 0 Å². The number of hydrogen-bond acceptors (Lipinski definition) is 4. The monoisotopic (exact) mass is 293 g/mol. The summed E-state index contributed by atoms with van der Waals surface area (Å²) in [5.41, 5.74) is 0.245. The van der Waals surface area contributed by atoms with Crippen LogP contribution in [-0.4, -0.2) is 36.6 Å². The lowest BCUT2D eigenvalue weighted by molar-refractivity contribution is -0.0553. The van der Waals surface area contributed by atoms with Gasteiger partial charge in [0.2, 0.25) is 0 Å². The van der Waals surface area contributed by atoms with E-state index in [-0.39, 0.29) is 5.54 Å². The van der Waals surface area contributed by atoms with E-state index in [1.165, 1.54) is 51.4 Å². The van der Waals surface area contributed by atoms with Crippen molar-refractivity contribution >= 4 is 0 Å². The summed E-state index contributed by atoms with van der Waals surface area (Å²) in [5, 5.41) is 20.7. The molecule has 4 heteroatoms. The van der Waals surface area contributed by atoms with E-state index < -0.39 is 6.35 Å². The van der Waals surface area contributed by atoms with E-state index in [1.807, 2.05) is 0 Å². The molecule has 5 fully saturated rings. The molecule has 4 bridgehead atoms. The fraction of sp³-hybridized carbons (Fsp3) is 1.00. The van der Waals surface area contributed by atoms with Crippen LogP contribution in [-0.2, 0) is 0 Å². The standard InChI is InChI=1S/C17H31N3O/c21-16(19-11-12-1-3-18-4-2-12)20-17-8-13-5-14(9-17)7-15(6-13)10-17/h12-16,18-21H,1-11H2. The van der Waals surface area contributed by atoms with E-state index in [2.05, 4.69) is 16.0 Å². The number of nitrogens with one attached hydrogen (secondary N) is 3. The Hall–Kier alpha value is -0.160. The highest BCUT2D eigenvalue weighted by molar-refractivity contribution is 5.06. The third kappa shape index (κ3) is 3.14. The van der Waals surface area contributed by atoms with Gasteiger partial charge in [0.15, 0.2) is 6.35 Å². The molecular formula is C17H31N3O. The molecule has 0 aromatic carbocycles. The lowest BCUT2D eigenvalue weighted by atomic mass is 9.53. The molecule has 120 valence electrons. The van der Waals surface area contributed by atoms with Gasteiger partial charge in [0.1, 0.15) is 0 Å². The van der Waals surface area contributed by atoms with Crippen molar-refractivity contribution in [2.45, 2.75) is 63.3 Å². The van der Waals surface area contributed by atoms with Crippen molar-refractivity contribution in [2.75, 3.05) is 19.6 Å². The Labute approximate surface area is 128 Å². The van der Waals surface area contributed by atoms with Crippen LogP contribution in [0.25, 0.3) is 0 Å². The van der Waals surface area contributed by atoms with Gasteiger partial charge < -0.3 is 10.4 Å². The quantitative estimate of drug-likeness (QED) is 0.579. The van der Waals surface area contributed by atoms with Crippen molar-refractivity contribution in [1.29, 1.82) is 0 Å². The summed E-state index contributed by atoms with van der Waals surface area (Å²) in [5.74, 6) is 3.51. The highest BCUT2D eigenvalue weighted by atomic mass is 16.3. The van der Waals surface area contributed by atoms with Gasteiger partial charge in [-0.25, -0.2) is 0 Å². The molecule has 1 saturated heterocycles. The van der Waals surface area contributed by atoms with Gasteiger partial charge in [0, 0.05) is 12.1 Å². The molecule has 1 aliphatic heterocycles. The Bertz CT molecular complexity index is 332. The van der Waals surface area contributed by atoms with E-state index >= 15 is 0 Å². The summed E-state index contributed by atoms with van der Waals surface area (Å²) in [6.45, 7) is 3.21. The van der Waals surface area contributed by atoms with Crippen molar-refractivity contribution in [2.24, 2.45) is 23.7 Å². The smallest absolute Gasteiger partial charge is 0.160 e. The molecule has 1 atom stereocenters. The van der Waals surface area contributed by atoms with Crippen LogP contribution in [0.5, 0.6) is 0 Å². The fourth-order valence-corrected chi connectivity index (χ4v) is 5.99. The first-order chi connectivity index (χ1) is 10.2. The van der Waals surface area contributed by atoms with Gasteiger partial charge in [0.05, 0.1) is 0 Å². The first-order valence-electron chi connectivity index (χ1n) is 9.11. The van der Waals surface area contributed by atoms with Gasteiger partial charge in [-0.15, -0.1) is 0 Å². The number of piperidine rings is 1. The van der Waals surface area contributed by atoms with Gasteiger partial charge in [-0.3, -0.25) is 10.6 Å². The largest absolute Gasteiger partial charge is 0.365 e. The Morgan fingerprint density at radius 2 is 1.57 bits per heavy atom. The summed E-state index contributed by atoms with van der Waals surface area (Å²) >= 11 is 0. The summed E-state index contributed by atoms with van der Waals surface area (Å²) in [6, 6.07) is 0. The molecule has 1 unspecified atom stereocenters. The summed E-state index contributed by atoms with van der Waals surface area (Å²) < 4.78 is 0. The average molecular weight is 293 g/mol. The minimum absolute atomic E-state index is 0.245. The lowest BCUT2D eigenvalue weighted by Gasteiger charge is -2.57. The fourth-order valence-electron chi connectivity index (χ4n) is 5.99. The molecule has 0 radical (unpaired) electrons. The van der Waals surface area contributed by atoms with Gasteiger partial charge in [0.25, 0.3) is 0 Å². The number of hydrogen-bond donors (Lipinski definition) is 4. The zero-order valence-corrected chi connectivity index (χ0v) is 13.1. The van der Waals surface area contributed by atoms with E-state index in [9.17, 15) is 5.11 Å². The Morgan fingerprint density at radius 1 is 1.00 bits per heavy atom. The van der Waals surface area contributed by atoms with Crippen LogP contribution in [0, 0.1) is 23.7 Å². The Balaban J connectivity index is 1.29. The maximum absolute atomic E-state index is 10.4. The van der Waals surface area contributed by atoms with Gasteiger partial charge >= 0.3 is 0 Å². The van der Waals surface area contributed by atoms with E-state index in [0.717, 1.165) is 43.3 Å². The van der Waals surface area contributed by atoms with Crippen molar-refractivity contribution in [3.8, 4) is 0 Å². The third-order valence-corrected chi connectivity index (χ3v) is 6.54. The molecule has 0 amide bonds. The molecule has 1 heterocycles. The summed E-state index contributed by atoms with van der Waals surface area (Å²) in [6.07, 6.45) is 10.2. The summed E-state index contributed by atoms with van der Waals surface area (Å²) in [7, 11) is 0. The predicted octanol–water partition coefficient (Wildman–Crippen LogP) is 1.41. The van der Waals surface area contributed by atoms with Crippen LogP contribution in [0.2, 0.25) is 0 Å². The first kappa shape index (κ1) is 14.4. The Morgan fingerprint density at radius 3 is 2.14 bits per heavy atom. The molecule has 4 nitrogen and oxygen atoms in total. The Kier molecular flexibility index (Phi) is 3.99. The third-order valence-electron chi connectivity index (χ3n) is 6.54. The number of aliphatic hydroxyl groups is 1. The van der Waals surface area contributed by atoms with Gasteiger partial charge in [-0.1, -0.05) is 0 Å². The molecule has 4 N–H and O–H groups in total. The molecule has 4 saturated carbocycles. The molecule has 5 aliphatic rings. The molecule has 21 heavy (non-hydrogen) atoms. The van der Waals surface area contributed by atoms with Crippen LogP contribution in [0.15, 0.2) is 0 Å². The second-order valence-electron chi connectivity index (χ2n) is 8.35. The molecule has 4 aliphatic carbocycles. The molecule has 5 rings (SSSR count). The zero-order chi connectivity index (χ0) is 14.3. The van der Waals surface area contributed by atoms with Crippen molar-refractivity contribution < 1.29 is 5.11 Å². The van der Waals surface area contributed by atoms with Gasteiger partial charge in [-0.05, 0) is 88.1 Å². The van der Waals surface area contributed by atoms with Crippen LogP contribution in [0.3, 0.4) is 0 Å². The number of aliphatic hydroxyl groups excluding tert-OH is 1. The van der Waals surface area contributed by atoms with Crippen LogP contribution < -0.4 is 16.0 Å². The minimum Gasteiger partial charge on any atom is -0.365 e. The lowest BCUT2D eigenvalue weighted by Crippen LogP contribution is -2.63. The average Bonchev–Trinajstić information content (AvgIpc) is 2.44. The van der Waals surface area contributed by atoms with Crippen LogP contribution in [0.4, 0.5) is 0 Å². The van der Waals surface area contributed by atoms with Crippen molar-refractivity contribution in [1.82, 2.24) is 16.0 Å². The second-order valence-corrected chi connectivity index (χ2v) is 8.35. The van der Waals surface area contributed by atoms with Crippen LogP contribution >= 0.6 is 0 Å². The summed E-state index contributed by atoms with van der Waals surface area (Å²) in [4.78, 5) is 0. The van der Waals surface area contributed by atoms with Crippen molar-refractivity contribution in [3.63, 3.8) is 0 Å². The van der Waals surface area contributed by atoms with Gasteiger partial charge in [-0.2, -0.15) is 0 Å². The van der Waals surface area contributed by atoms with Crippen LogP contribution in [0.1, 0.15) is 51.4 Å². The maximum Gasteiger partial charge on any atom is 0.160 e. The highest BCUT2D eigenvalue weighted by Gasteiger charge is 2.51. The maximum atomic E-state index is 10.4. The molecule has 0 aromatic rings. The first-order valence-corrected chi connectivity index (χ1v) is 9.11. The second kappa shape index (κ2) is 5.80. The minimum atomic E-state index is -0.517. The zero-order valence-electron chi connectivity index (χ0n) is 13.1. The normalized spacial score (nSPS) is 44.1. The topological polar surface area (TPSA) is 56.3 Å². The predicted molar refractivity (Wildman–Crippen MR) is 83.6 cm³/mol. The number of rotatable bonds is 5. The van der Waals surface area contributed by atoms with E-state index in [1.54, 1.807) is 0 Å². The van der Waals surface area contributed by atoms with E-state index in [4.69, 9.17) is 0 Å². The SMILES string of the molecule is OC(NCC1CCNCC1)NC12CC3CC(CC(C3)C1)C2. The molecular weight excluding hydrogens is 262 g/mol. The highest BCUT2D eigenvalue weighted by Crippen LogP contribution is 2.55. The molecule has 0 aromatic heterocycles. The molecule has 0 spiro atoms.